The first-order valence-corrected chi connectivity index (χ1v) is 7.74. The average molecular weight is 286 g/mol. The molecule has 0 bridgehead atoms. The summed E-state index contributed by atoms with van der Waals surface area (Å²) >= 11 is 0. The molecule has 3 heterocycles. The van der Waals surface area contributed by atoms with Crippen molar-refractivity contribution in [1.82, 2.24) is 9.88 Å². The molecule has 3 rings (SSSR count). The number of nitriles is 1. The number of hydrogen-bond acceptors (Lipinski definition) is 5. The zero-order chi connectivity index (χ0) is 14.7. The smallest absolute Gasteiger partial charge is 0.128 e. The molecule has 2 aliphatic rings. The van der Waals surface area contributed by atoms with E-state index in [0.717, 1.165) is 25.5 Å². The lowest BCUT2D eigenvalue weighted by Crippen LogP contribution is -2.32. The van der Waals surface area contributed by atoms with Crippen molar-refractivity contribution < 1.29 is 5.11 Å². The first-order valence-electron chi connectivity index (χ1n) is 7.74. The summed E-state index contributed by atoms with van der Waals surface area (Å²) in [7, 11) is 0. The Morgan fingerprint density at radius 1 is 1.24 bits per heavy atom. The lowest BCUT2D eigenvalue weighted by atomic mass is 9.96. The molecule has 0 unspecified atom stereocenters. The number of pyridine rings is 1. The van der Waals surface area contributed by atoms with Crippen LogP contribution in [0.3, 0.4) is 0 Å². The Kier molecular flexibility index (Phi) is 4.37. The second-order valence-electron chi connectivity index (χ2n) is 6.13. The van der Waals surface area contributed by atoms with Crippen molar-refractivity contribution in [3.8, 4) is 6.07 Å². The Hall–Kier alpha value is -1.64. The highest BCUT2D eigenvalue weighted by Crippen LogP contribution is 2.28. The van der Waals surface area contributed by atoms with E-state index in [1.54, 1.807) is 6.20 Å². The van der Waals surface area contributed by atoms with E-state index >= 15 is 0 Å². The number of anilines is 1. The van der Waals surface area contributed by atoms with Gasteiger partial charge in [-0.05, 0) is 44.0 Å². The molecule has 112 valence electrons. The zero-order valence-electron chi connectivity index (χ0n) is 12.3. The topological polar surface area (TPSA) is 63.4 Å². The minimum atomic E-state index is 0.241. The summed E-state index contributed by atoms with van der Waals surface area (Å²) in [4.78, 5) is 9.13. The van der Waals surface area contributed by atoms with Gasteiger partial charge in [0.15, 0.2) is 0 Å². The van der Waals surface area contributed by atoms with Crippen molar-refractivity contribution in [2.75, 3.05) is 44.2 Å². The van der Waals surface area contributed by atoms with E-state index in [-0.39, 0.29) is 6.61 Å². The number of likely N-dealkylation sites (tertiary alicyclic amines) is 1. The van der Waals surface area contributed by atoms with Gasteiger partial charge in [-0.15, -0.1) is 0 Å². The number of hydrogen-bond donors (Lipinski definition) is 1. The average Bonchev–Trinajstić information content (AvgIpc) is 3.17. The number of aliphatic hydroxyl groups excluding tert-OH is 1. The van der Waals surface area contributed by atoms with Gasteiger partial charge < -0.3 is 14.9 Å². The third-order valence-electron chi connectivity index (χ3n) is 4.70. The molecular formula is C16H22N4O. The van der Waals surface area contributed by atoms with Gasteiger partial charge >= 0.3 is 0 Å². The normalized spacial score (nSPS) is 26.2. The maximum atomic E-state index is 9.65. The molecule has 1 N–H and O–H groups in total. The molecule has 2 atom stereocenters. The highest BCUT2D eigenvalue weighted by atomic mass is 16.3. The quantitative estimate of drug-likeness (QED) is 0.898. The predicted octanol–water partition coefficient (Wildman–Crippen LogP) is 1.09. The molecule has 0 spiro atoms. The fraction of sp³-hybridized carbons (Fsp3) is 0.625. The molecule has 0 radical (unpaired) electrons. The number of aromatic nitrogens is 1. The van der Waals surface area contributed by atoms with Crippen molar-refractivity contribution in [1.29, 1.82) is 5.26 Å². The molecule has 5 nitrogen and oxygen atoms in total. The Balaban J connectivity index is 1.66. The third-order valence-corrected chi connectivity index (χ3v) is 4.70. The largest absolute Gasteiger partial charge is 0.396 e. The van der Waals surface area contributed by atoms with Crippen LogP contribution in [0.1, 0.15) is 18.4 Å². The summed E-state index contributed by atoms with van der Waals surface area (Å²) < 4.78 is 0. The summed E-state index contributed by atoms with van der Waals surface area (Å²) in [6, 6.07) is 5.81. The van der Waals surface area contributed by atoms with Crippen LogP contribution < -0.4 is 4.90 Å². The van der Waals surface area contributed by atoms with Crippen LogP contribution in [-0.4, -0.2) is 54.3 Å². The van der Waals surface area contributed by atoms with E-state index < -0.39 is 0 Å². The molecule has 2 aliphatic heterocycles. The van der Waals surface area contributed by atoms with E-state index in [1.165, 1.54) is 25.9 Å². The maximum absolute atomic E-state index is 9.65. The van der Waals surface area contributed by atoms with Crippen LogP contribution >= 0.6 is 0 Å². The van der Waals surface area contributed by atoms with Crippen molar-refractivity contribution >= 4 is 5.82 Å². The van der Waals surface area contributed by atoms with Crippen LogP contribution in [0.25, 0.3) is 0 Å². The Morgan fingerprint density at radius 2 is 2.00 bits per heavy atom. The van der Waals surface area contributed by atoms with Gasteiger partial charge in [-0.2, -0.15) is 5.26 Å². The molecule has 1 aromatic heterocycles. The molecule has 0 aliphatic carbocycles. The van der Waals surface area contributed by atoms with Gasteiger partial charge in [0.25, 0.3) is 0 Å². The van der Waals surface area contributed by atoms with Crippen LogP contribution in [0.2, 0.25) is 0 Å². The van der Waals surface area contributed by atoms with Crippen molar-refractivity contribution in [2.24, 2.45) is 11.8 Å². The van der Waals surface area contributed by atoms with Crippen molar-refractivity contribution in [3.05, 3.63) is 23.9 Å². The first-order chi connectivity index (χ1) is 10.3. The Morgan fingerprint density at radius 3 is 2.62 bits per heavy atom. The molecule has 21 heavy (non-hydrogen) atoms. The second-order valence-corrected chi connectivity index (χ2v) is 6.13. The highest BCUT2D eigenvalue weighted by molar-refractivity contribution is 5.43. The van der Waals surface area contributed by atoms with Gasteiger partial charge in [0.2, 0.25) is 0 Å². The van der Waals surface area contributed by atoms with E-state index in [0.29, 0.717) is 17.4 Å². The predicted molar refractivity (Wildman–Crippen MR) is 80.9 cm³/mol. The fourth-order valence-corrected chi connectivity index (χ4v) is 3.48. The summed E-state index contributed by atoms with van der Waals surface area (Å²) in [6.45, 7) is 5.52. The molecule has 0 amide bonds. The van der Waals surface area contributed by atoms with Gasteiger partial charge in [-0.1, -0.05) is 0 Å². The summed E-state index contributed by atoms with van der Waals surface area (Å²) in [5, 5.41) is 18.5. The van der Waals surface area contributed by atoms with Gasteiger partial charge in [-0.25, -0.2) is 4.98 Å². The number of rotatable bonds is 4. The van der Waals surface area contributed by atoms with Crippen LogP contribution in [0.4, 0.5) is 5.82 Å². The second kappa shape index (κ2) is 6.42. The van der Waals surface area contributed by atoms with Crippen molar-refractivity contribution in [3.63, 3.8) is 0 Å². The molecule has 1 aromatic rings. The van der Waals surface area contributed by atoms with Crippen LogP contribution in [0.15, 0.2) is 18.3 Å². The molecule has 0 saturated carbocycles. The minimum Gasteiger partial charge on any atom is -0.396 e. The van der Waals surface area contributed by atoms with E-state index in [2.05, 4.69) is 20.9 Å². The highest BCUT2D eigenvalue weighted by Gasteiger charge is 2.34. The lowest BCUT2D eigenvalue weighted by molar-refractivity contribution is 0.176. The zero-order valence-corrected chi connectivity index (χ0v) is 12.3. The summed E-state index contributed by atoms with van der Waals surface area (Å²) in [5.74, 6) is 1.74. The summed E-state index contributed by atoms with van der Waals surface area (Å²) in [5.41, 5.74) is 0.588. The molecule has 5 heteroatoms. The minimum absolute atomic E-state index is 0.241. The molecule has 2 fully saturated rings. The van der Waals surface area contributed by atoms with Crippen LogP contribution in [0.5, 0.6) is 0 Å². The molecule has 2 saturated heterocycles. The van der Waals surface area contributed by atoms with E-state index in [9.17, 15) is 5.11 Å². The van der Waals surface area contributed by atoms with Crippen LogP contribution in [0, 0.1) is 23.2 Å². The molecule has 0 aromatic carbocycles. The summed E-state index contributed by atoms with van der Waals surface area (Å²) in [6.07, 6.45) is 4.23. The van der Waals surface area contributed by atoms with Crippen molar-refractivity contribution in [2.45, 2.75) is 12.8 Å². The first kappa shape index (κ1) is 14.3. The third kappa shape index (κ3) is 3.17. The Bertz CT molecular complexity index is 504. The lowest BCUT2D eigenvalue weighted by Gasteiger charge is -2.23. The monoisotopic (exact) mass is 286 g/mol. The van der Waals surface area contributed by atoms with Gasteiger partial charge in [-0.3, -0.25) is 0 Å². The Labute approximate surface area is 125 Å². The standard InChI is InChI=1S/C16H22N4O/c17-7-13-3-4-16(18-8-13)20-10-14(15(11-20)12-21)9-19-5-1-2-6-19/h3-4,8,14-15,21H,1-2,5-6,9-12H2/t14-,15-/m1/s1. The number of nitrogens with zero attached hydrogens (tertiary/aromatic N) is 4. The van der Waals surface area contributed by atoms with Gasteiger partial charge in [0.05, 0.1) is 5.56 Å². The molecular weight excluding hydrogens is 264 g/mol. The number of aliphatic hydroxyl groups is 1. The van der Waals surface area contributed by atoms with Gasteiger partial charge in [0.1, 0.15) is 11.9 Å². The van der Waals surface area contributed by atoms with Crippen LogP contribution in [-0.2, 0) is 0 Å². The van der Waals surface area contributed by atoms with Gasteiger partial charge in [0, 0.05) is 38.4 Å². The van der Waals surface area contributed by atoms with E-state index in [1.807, 2.05) is 12.1 Å². The van der Waals surface area contributed by atoms with E-state index in [4.69, 9.17) is 5.26 Å². The fourth-order valence-electron chi connectivity index (χ4n) is 3.48. The maximum Gasteiger partial charge on any atom is 0.128 e. The SMILES string of the molecule is N#Cc1ccc(N2C[C@@H](CN3CCCC3)[C@@H](CO)C2)nc1.